The minimum atomic E-state index is -3.96. The van der Waals surface area contributed by atoms with Crippen molar-refractivity contribution in [2.45, 2.75) is 37.1 Å². The fourth-order valence-corrected chi connectivity index (χ4v) is 4.68. The molecule has 3 aromatic carbocycles. The molecule has 2 N–H and O–H groups in total. The van der Waals surface area contributed by atoms with Gasteiger partial charge in [0, 0.05) is 10.2 Å². The third-order valence-electron chi connectivity index (χ3n) is 5.14. The predicted molar refractivity (Wildman–Crippen MR) is 139 cm³/mol. The highest BCUT2D eigenvalue weighted by molar-refractivity contribution is 9.10. The van der Waals surface area contributed by atoms with Crippen LogP contribution in [0.2, 0.25) is 0 Å². The molecule has 1 amide bonds. The van der Waals surface area contributed by atoms with E-state index in [9.17, 15) is 18.0 Å². The van der Waals surface area contributed by atoms with Crippen LogP contribution in [0, 0.1) is 0 Å². The largest absolute Gasteiger partial charge is 0.462 e. The monoisotopic (exact) mass is 558 g/mol. The summed E-state index contributed by atoms with van der Waals surface area (Å²) < 4.78 is 34.4. The molecule has 0 aliphatic heterocycles. The zero-order valence-corrected chi connectivity index (χ0v) is 21.6. The number of hydrogen-bond acceptors (Lipinski definition) is 5. The lowest BCUT2D eigenvalue weighted by atomic mass is 10.1. The van der Waals surface area contributed by atoms with Gasteiger partial charge in [-0.15, -0.1) is 0 Å². The molecule has 0 aliphatic carbocycles. The van der Waals surface area contributed by atoms with Gasteiger partial charge in [0.2, 0.25) is 15.9 Å². The highest BCUT2D eigenvalue weighted by Gasteiger charge is 2.26. The van der Waals surface area contributed by atoms with E-state index in [4.69, 9.17) is 4.74 Å². The Labute approximate surface area is 214 Å². The van der Waals surface area contributed by atoms with Crippen molar-refractivity contribution >= 4 is 43.5 Å². The Morgan fingerprint density at radius 1 is 0.943 bits per heavy atom. The minimum Gasteiger partial charge on any atom is -0.462 e. The summed E-state index contributed by atoms with van der Waals surface area (Å²) in [5.41, 5.74) is 1.60. The smallest absolute Gasteiger partial charge is 0.338 e. The lowest BCUT2D eigenvalue weighted by Crippen LogP contribution is -2.45. The van der Waals surface area contributed by atoms with Crippen LogP contribution in [0.5, 0.6) is 0 Å². The molecule has 0 unspecified atom stereocenters. The number of unbranched alkanes of at least 4 members (excludes halogenated alkanes) is 1. The van der Waals surface area contributed by atoms with E-state index in [1.165, 1.54) is 12.1 Å². The van der Waals surface area contributed by atoms with Crippen molar-refractivity contribution < 1.29 is 22.7 Å². The third-order valence-corrected chi connectivity index (χ3v) is 7.16. The second-order valence-corrected chi connectivity index (χ2v) is 10.5. The molecule has 3 rings (SSSR count). The Morgan fingerprint density at radius 3 is 2.23 bits per heavy atom. The maximum Gasteiger partial charge on any atom is 0.338 e. The first-order chi connectivity index (χ1) is 16.8. The molecule has 35 heavy (non-hydrogen) atoms. The van der Waals surface area contributed by atoms with Gasteiger partial charge in [-0.1, -0.05) is 59.6 Å². The van der Waals surface area contributed by atoms with Gasteiger partial charge in [-0.3, -0.25) is 4.79 Å². The number of carbonyl (C=O) groups excluding carboxylic acids is 2. The molecule has 0 saturated carbocycles. The molecule has 0 bridgehead atoms. The predicted octanol–water partition coefficient (Wildman–Crippen LogP) is 4.93. The number of nitrogens with one attached hydrogen (secondary N) is 2. The number of amides is 1. The first kappa shape index (κ1) is 26.6. The van der Waals surface area contributed by atoms with Crippen molar-refractivity contribution in [2.75, 3.05) is 11.9 Å². The molecular formula is C26H27BrN2O5S. The summed E-state index contributed by atoms with van der Waals surface area (Å²) in [7, 11) is -3.96. The summed E-state index contributed by atoms with van der Waals surface area (Å²) in [5.74, 6) is -0.951. The average molecular weight is 559 g/mol. The van der Waals surface area contributed by atoms with Crippen LogP contribution in [0.4, 0.5) is 5.69 Å². The van der Waals surface area contributed by atoms with Gasteiger partial charge in [0.1, 0.15) is 6.04 Å². The second-order valence-electron chi connectivity index (χ2n) is 7.87. The van der Waals surface area contributed by atoms with Gasteiger partial charge in [-0.25, -0.2) is 13.2 Å². The van der Waals surface area contributed by atoms with E-state index in [-0.39, 0.29) is 11.3 Å². The van der Waals surface area contributed by atoms with Crippen molar-refractivity contribution in [1.29, 1.82) is 0 Å². The molecular weight excluding hydrogens is 532 g/mol. The molecule has 0 saturated heterocycles. The molecule has 3 aromatic rings. The van der Waals surface area contributed by atoms with E-state index in [0.717, 1.165) is 22.9 Å². The van der Waals surface area contributed by atoms with Gasteiger partial charge in [-0.05, 0) is 66.9 Å². The van der Waals surface area contributed by atoms with Crippen LogP contribution in [-0.4, -0.2) is 32.9 Å². The van der Waals surface area contributed by atoms with E-state index in [1.54, 1.807) is 36.4 Å². The van der Waals surface area contributed by atoms with Gasteiger partial charge in [0.25, 0.3) is 0 Å². The zero-order chi connectivity index (χ0) is 25.3. The van der Waals surface area contributed by atoms with Crippen LogP contribution in [0.25, 0.3) is 0 Å². The summed E-state index contributed by atoms with van der Waals surface area (Å²) in [6.45, 7) is 2.36. The van der Waals surface area contributed by atoms with Crippen LogP contribution < -0.4 is 10.0 Å². The second kappa shape index (κ2) is 12.6. The van der Waals surface area contributed by atoms with Crippen LogP contribution in [0.1, 0.15) is 35.7 Å². The average Bonchev–Trinajstić information content (AvgIpc) is 2.85. The molecule has 0 fully saturated rings. The van der Waals surface area contributed by atoms with Crippen molar-refractivity contribution in [3.63, 3.8) is 0 Å². The number of benzene rings is 3. The molecule has 0 aliphatic rings. The quantitative estimate of drug-likeness (QED) is 0.256. The van der Waals surface area contributed by atoms with Crippen molar-refractivity contribution in [3.05, 3.63) is 94.5 Å². The number of halogens is 1. The van der Waals surface area contributed by atoms with E-state index in [1.807, 2.05) is 37.3 Å². The fraction of sp³-hybridized carbons (Fsp3) is 0.231. The van der Waals surface area contributed by atoms with Gasteiger partial charge in [0.05, 0.1) is 17.1 Å². The Hall–Kier alpha value is -3.01. The van der Waals surface area contributed by atoms with Crippen molar-refractivity contribution in [3.8, 4) is 0 Å². The van der Waals surface area contributed by atoms with Crippen molar-refractivity contribution in [2.24, 2.45) is 0 Å². The van der Waals surface area contributed by atoms with Gasteiger partial charge >= 0.3 is 5.97 Å². The highest BCUT2D eigenvalue weighted by Crippen LogP contribution is 2.17. The van der Waals surface area contributed by atoms with E-state index < -0.39 is 27.9 Å². The summed E-state index contributed by atoms with van der Waals surface area (Å²) in [6.07, 6.45) is 1.87. The summed E-state index contributed by atoms with van der Waals surface area (Å²) in [5, 5.41) is 2.74. The minimum absolute atomic E-state index is 0.0532. The molecule has 0 spiro atoms. The highest BCUT2D eigenvalue weighted by atomic mass is 79.9. The Morgan fingerprint density at radius 2 is 1.60 bits per heavy atom. The summed E-state index contributed by atoms with van der Waals surface area (Å²) in [6, 6.07) is 20.5. The normalized spacial score (nSPS) is 12.1. The molecule has 9 heteroatoms. The van der Waals surface area contributed by atoms with Crippen LogP contribution >= 0.6 is 15.9 Å². The number of ether oxygens (including phenoxy) is 1. The Balaban J connectivity index is 1.75. The fourth-order valence-electron chi connectivity index (χ4n) is 3.22. The van der Waals surface area contributed by atoms with Crippen LogP contribution in [-0.2, 0) is 26.0 Å². The molecule has 0 radical (unpaired) electrons. The number of rotatable bonds is 11. The maximum atomic E-state index is 13.1. The number of carbonyl (C=O) groups is 2. The molecule has 0 aromatic heterocycles. The number of anilines is 1. The standard InChI is InChI=1S/C26H27BrN2O5S/c1-2-3-17-34-26(31)20-9-13-22(14-10-20)28-25(30)24(18-19-7-5-4-6-8-19)29-35(32,33)23-15-11-21(27)12-16-23/h4-16,24,29H,2-3,17-18H2,1H3,(H,28,30)/t24-/m1/s1. The first-order valence-electron chi connectivity index (χ1n) is 11.2. The van der Waals surface area contributed by atoms with Crippen LogP contribution in [0.15, 0.2) is 88.2 Å². The van der Waals surface area contributed by atoms with Crippen LogP contribution in [0.3, 0.4) is 0 Å². The van der Waals surface area contributed by atoms with E-state index in [0.29, 0.717) is 17.9 Å². The lowest BCUT2D eigenvalue weighted by Gasteiger charge is -2.19. The van der Waals surface area contributed by atoms with Gasteiger partial charge < -0.3 is 10.1 Å². The van der Waals surface area contributed by atoms with Gasteiger partial charge in [-0.2, -0.15) is 4.72 Å². The van der Waals surface area contributed by atoms with Crippen molar-refractivity contribution in [1.82, 2.24) is 4.72 Å². The maximum absolute atomic E-state index is 13.1. The zero-order valence-electron chi connectivity index (χ0n) is 19.2. The van der Waals surface area contributed by atoms with E-state index >= 15 is 0 Å². The SMILES string of the molecule is CCCCOC(=O)c1ccc(NC(=O)[C@@H](Cc2ccccc2)NS(=O)(=O)c2ccc(Br)cc2)cc1. The van der Waals surface area contributed by atoms with Gasteiger partial charge in [0.15, 0.2) is 0 Å². The topological polar surface area (TPSA) is 102 Å². The Bertz CT molecular complexity index is 1230. The number of sulfonamides is 1. The first-order valence-corrected chi connectivity index (χ1v) is 13.5. The molecule has 7 nitrogen and oxygen atoms in total. The molecule has 1 atom stereocenters. The summed E-state index contributed by atoms with van der Waals surface area (Å²) in [4.78, 5) is 25.3. The number of hydrogen-bond donors (Lipinski definition) is 2. The molecule has 0 heterocycles. The number of esters is 1. The Kier molecular flexibility index (Phi) is 9.59. The lowest BCUT2D eigenvalue weighted by molar-refractivity contribution is -0.117. The summed E-state index contributed by atoms with van der Waals surface area (Å²) >= 11 is 3.29. The third kappa shape index (κ3) is 8.02. The van der Waals surface area contributed by atoms with E-state index in [2.05, 4.69) is 26.0 Å². The molecule has 184 valence electrons.